The molecule has 0 amide bonds. The highest BCUT2D eigenvalue weighted by Gasteiger charge is 2.23. The molecule has 4 rings (SSSR count). The summed E-state index contributed by atoms with van der Waals surface area (Å²) in [6, 6.07) is 13.1. The third kappa shape index (κ3) is 1.60. The molecule has 1 atom stereocenters. The molecule has 1 aliphatic carbocycles. The van der Waals surface area contributed by atoms with Crippen molar-refractivity contribution in [2.45, 2.75) is 18.9 Å². The fourth-order valence-electron chi connectivity index (χ4n) is 3.08. The SMILES string of the molecule is NC1CCc2c(-c3cc4cccc(F)c4o3)cccc21. The van der Waals surface area contributed by atoms with E-state index in [0.717, 1.165) is 29.6 Å². The van der Waals surface area contributed by atoms with Crippen molar-refractivity contribution in [1.29, 1.82) is 0 Å². The van der Waals surface area contributed by atoms with Gasteiger partial charge in [0.1, 0.15) is 5.76 Å². The average Bonchev–Trinajstić information content (AvgIpc) is 3.04. The molecule has 0 spiro atoms. The Balaban J connectivity index is 1.94. The molecule has 2 aromatic carbocycles. The number of nitrogens with two attached hydrogens (primary N) is 1. The summed E-state index contributed by atoms with van der Waals surface area (Å²) in [5, 5.41) is 0.792. The van der Waals surface area contributed by atoms with Crippen molar-refractivity contribution >= 4 is 11.0 Å². The van der Waals surface area contributed by atoms with Gasteiger partial charge in [0.25, 0.3) is 0 Å². The van der Waals surface area contributed by atoms with E-state index >= 15 is 0 Å². The molecule has 0 saturated carbocycles. The van der Waals surface area contributed by atoms with Crippen LogP contribution < -0.4 is 5.73 Å². The molecule has 0 aliphatic heterocycles. The number of halogens is 1. The van der Waals surface area contributed by atoms with Crippen molar-refractivity contribution in [3.05, 3.63) is 59.4 Å². The zero-order valence-corrected chi connectivity index (χ0v) is 10.9. The molecule has 0 bridgehead atoms. The smallest absolute Gasteiger partial charge is 0.170 e. The lowest BCUT2D eigenvalue weighted by Crippen LogP contribution is -2.04. The maximum atomic E-state index is 13.7. The van der Waals surface area contributed by atoms with Gasteiger partial charge in [-0.2, -0.15) is 0 Å². The molecule has 2 N–H and O–H groups in total. The van der Waals surface area contributed by atoms with Gasteiger partial charge in [0.05, 0.1) is 0 Å². The second kappa shape index (κ2) is 4.18. The molecule has 1 aliphatic rings. The molecule has 20 heavy (non-hydrogen) atoms. The Morgan fingerprint density at radius 1 is 1.15 bits per heavy atom. The van der Waals surface area contributed by atoms with Gasteiger partial charge < -0.3 is 10.2 Å². The Bertz CT molecular complexity index is 806. The monoisotopic (exact) mass is 267 g/mol. The van der Waals surface area contributed by atoms with Crippen LogP contribution in [-0.4, -0.2) is 0 Å². The van der Waals surface area contributed by atoms with Crippen LogP contribution >= 0.6 is 0 Å². The van der Waals surface area contributed by atoms with E-state index in [2.05, 4.69) is 6.07 Å². The Hall–Kier alpha value is -2.13. The minimum absolute atomic E-state index is 0.103. The molecule has 0 saturated heterocycles. The first-order valence-electron chi connectivity index (χ1n) is 6.80. The van der Waals surface area contributed by atoms with Crippen LogP contribution in [0.3, 0.4) is 0 Å². The second-order valence-corrected chi connectivity index (χ2v) is 5.29. The van der Waals surface area contributed by atoms with Crippen LogP contribution in [-0.2, 0) is 6.42 Å². The minimum Gasteiger partial charge on any atom is -0.453 e. The normalized spacial score (nSPS) is 17.6. The van der Waals surface area contributed by atoms with E-state index in [9.17, 15) is 4.39 Å². The summed E-state index contributed by atoms with van der Waals surface area (Å²) in [6.45, 7) is 0. The summed E-state index contributed by atoms with van der Waals surface area (Å²) >= 11 is 0. The number of benzene rings is 2. The Morgan fingerprint density at radius 2 is 2.00 bits per heavy atom. The molecule has 1 unspecified atom stereocenters. The fourth-order valence-corrected chi connectivity index (χ4v) is 3.08. The van der Waals surface area contributed by atoms with Crippen molar-refractivity contribution in [2.24, 2.45) is 5.73 Å². The highest BCUT2D eigenvalue weighted by atomic mass is 19.1. The van der Waals surface area contributed by atoms with Crippen LogP contribution in [0.2, 0.25) is 0 Å². The molecule has 1 heterocycles. The summed E-state index contributed by atoms with van der Waals surface area (Å²) < 4.78 is 19.5. The van der Waals surface area contributed by atoms with Crippen LogP contribution in [0.25, 0.3) is 22.3 Å². The van der Waals surface area contributed by atoms with Gasteiger partial charge in [0.2, 0.25) is 0 Å². The molecule has 3 aromatic rings. The lowest BCUT2D eigenvalue weighted by Gasteiger charge is -2.07. The number of hydrogen-bond acceptors (Lipinski definition) is 2. The Labute approximate surface area is 116 Å². The van der Waals surface area contributed by atoms with Crippen molar-refractivity contribution in [3.8, 4) is 11.3 Å². The predicted octanol–water partition coefficient (Wildman–Crippen LogP) is 4.18. The van der Waals surface area contributed by atoms with E-state index in [0.29, 0.717) is 5.58 Å². The first-order chi connectivity index (χ1) is 9.74. The molecule has 0 fully saturated rings. The summed E-state index contributed by atoms with van der Waals surface area (Å²) in [7, 11) is 0. The maximum Gasteiger partial charge on any atom is 0.170 e. The van der Waals surface area contributed by atoms with E-state index in [1.54, 1.807) is 6.07 Å². The summed E-state index contributed by atoms with van der Waals surface area (Å²) in [5.41, 5.74) is 9.88. The van der Waals surface area contributed by atoms with E-state index in [-0.39, 0.29) is 11.9 Å². The third-order valence-electron chi connectivity index (χ3n) is 4.08. The number of hydrogen-bond donors (Lipinski definition) is 1. The van der Waals surface area contributed by atoms with E-state index in [4.69, 9.17) is 10.2 Å². The molecule has 1 aromatic heterocycles. The molecule has 100 valence electrons. The highest BCUT2D eigenvalue weighted by Crippen LogP contribution is 2.38. The summed E-state index contributed by atoms with van der Waals surface area (Å²) in [5.74, 6) is 0.397. The molecule has 3 heteroatoms. The average molecular weight is 267 g/mol. The van der Waals surface area contributed by atoms with E-state index < -0.39 is 0 Å². The van der Waals surface area contributed by atoms with Crippen LogP contribution in [0, 0.1) is 5.82 Å². The van der Waals surface area contributed by atoms with Gasteiger partial charge in [0.15, 0.2) is 11.4 Å². The maximum absolute atomic E-state index is 13.7. The van der Waals surface area contributed by atoms with Gasteiger partial charge in [-0.3, -0.25) is 0 Å². The summed E-state index contributed by atoms with van der Waals surface area (Å²) in [6.07, 6.45) is 1.91. The highest BCUT2D eigenvalue weighted by molar-refractivity contribution is 5.84. The topological polar surface area (TPSA) is 39.2 Å². The Kier molecular flexibility index (Phi) is 2.44. The first kappa shape index (κ1) is 11.7. The molecule has 0 radical (unpaired) electrons. The Morgan fingerprint density at radius 3 is 2.85 bits per heavy atom. The van der Waals surface area contributed by atoms with Crippen molar-refractivity contribution < 1.29 is 8.81 Å². The van der Waals surface area contributed by atoms with Crippen LogP contribution in [0.5, 0.6) is 0 Å². The van der Waals surface area contributed by atoms with E-state index in [1.165, 1.54) is 17.2 Å². The molecular weight excluding hydrogens is 253 g/mol. The minimum atomic E-state index is -0.321. The van der Waals surface area contributed by atoms with Crippen LogP contribution in [0.15, 0.2) is 46.9 Å². The fraction of sp³-hybridized carbons (Fsp3) is 0.176. The molecule has 2 nitrogen and oxygen atoms in total. The second-order valence-electron chi connectivity index (χ2n) is 5.29. The van der Waals surface area contributed by atoms with Crippen molar-refractivity contribution in [3.63, 3.8) is 0 Å². The third-order valence-corrected chi connectivity index (χ3v) is 4.08. The zero-order chi connectivity index (χ0) is 13.7. The van der Waals surface area contributed by atoms with Crippen molar-refractivity contribution in [2.75, 3.05) is 0 Å². The standard InChI is InChI=1S/C17H14FNO/c18-14-6-1-3-10-9-16(20-17(10)14)13-5-2-4-12-11(13)7-8-15(12)19/h1-6,9,15H,7-8,19H2. The molecular formula is C17H14FNO. The number of furan rings is 1. The van der Waals surface area contributed by atoms with Gasteiger partial charge in [-0.15, -0.1) is 0 Å². The number of fused-ring (bicyclic) bond motifs is 2. The largest absolute Gasteiger partial charge is 0.453 e. The van der Waals surface area contributed by atoms with Gasteiger partial charge in [-0.05, 0) is 36.1 Å². The van der Waals surface area contributed by atoms with Gasteiger partial charge in [-0.25, -0.2) is 4.39 Å². The van der Waals surface area contributed by atoms with Gasteiger partial charge in [-0.1, -0.05) is 30.3 Å². The van der Waals surface area contributed by atoms with Crippen LogP contribution in [0.4, 0.5) is 4.39 Å². The van der Waals surface area contributed by atoms with Gasteiger partial charge in [0, 0.05) is 17.0 Å². The quantitative estimate of drug-likeness (QED) is 0.718. The van der Waals surface area contributed by atoms with E-state index in [1.807, 2.05) is 24.3 Å². The lowest BCUT2D eigenvalue weighted by molar-refractivity contribution is 0.568. The lowest BCUT2D eigenvalue weighted by atomic mass is 10.0. The van der Waals surface area contributed by atoms with Gasteiger partial charge >= 0.3 is 0 Å². The number of rotatable bonds is 1. The predicted molar refractivity (Wildman–Crippen MR) is 76.9 cm³/mol. The van der Waals surface area contributed by atoms with Crippen LogP contribution in [0.1, 0.15) is 23.6 Å². The zero-order valence-electron chi connectivity index (χ0n) is 10.9. The summed E-state index contributed by atoms with van der Waals surface area (Å²) in [4.78, 5) is 0. The first-order valence-corrected chi connectivity index (χ1v) is 6.80. The number of para-hydroxylation sites is 1. The van der Waals surface area contributed by atoms with Crippen molar-refractivity contribution in [1.82, 2.24) is 0 Å².